The summed E-state index contributed by atoms with van der Waals surface area (Å²) in [6.45, 7) is 3.89. The Balaban J connectivity index is 2.95. The average Bonchev–Trinajstić information content (AvgIpc) is 2.07. The number of carboxylic acid groups (broad SMARTS) is 1. The SMILES string of the molecule is CC(C)c1ncc(CC(=O)O)c(Cl)n1. The molecule has 0 atom stereocenters. The van der Waals surface area contributed by atoms with E-state index < -0.39 is 5.97 Å². The molecule has 0 aromatic carbocycles. The summed E-state index contributed by atoms with van der Waals surface area (Å²) in [5.41, 5.74) is 0.448. The number of rotatable bonds is 3. The van der Waals surface area contributed by atoms with Crippen LogP contribution in [0.5, 0.6) is 0 Å². The number of halogens is 1. The van der Waals surface area contributed by atoms with E-state index in [1.165, 1.54) is 6.20 Å². The van der Waals surface area contributed by atoms with Gasteiger partial charge in [0, 0.05) is 17.7 Å². The van der Waals surface area contributed by atoms with E-state index in [-0.39, 0.29) is 17.5 Å². The highest BCUT2D eigenvalue weighted by Crippen LogP contribution is 2.16. The van der Waals surface area contributed by atoms with Gasteiger partial charge in [-0.3, -0.25) is 4.79 Å². The lowest BCUT2D eigenvalue weighted by atomic mass is 10.2. The Morgan fingerprint density at radius 3 is 2.71 bits per heavy atom. The van der Waals surface area contributed by atoms with E-state index in [9.17, 15) is 4.79 Å². The van der Waals surface area contributed by atoms with E-state index in [0.717, 1.165) is 0 Å². The molecule has 1 N–H and O–H groups in total. The van der Waals surface area contributed by atoms with Crippen molar-refractivity contribution in [1.29, 1.82) is 0 Å². The normalized spacial score (nSPS) is 10.6. The maximum Gasteiger partial charge on any atom is 0.307 e. The molecule has 1 rings (SSSR count). The summed E-state index contributed by atoms with van der Waals surface area (Å²) < 4.78 is 0. The average molecular weight is 215 g/mol. The molecular weight excluding hydrogens is 204 g/mol. The van der Waals surface area contributed by atoms with E-state index in [2.05, 4.69) is 9.97 Å². The van der Waals surface area contributed by atoms with Gasteiger partial charge in [-0.15, -0.1) is 0 Å². The van der Waals surface area contributed by atoms with E-state index in [1.807, 2.05) is 13.8 Å². The van der Waals surface area contributed by atoms with E-state index >= 15 is 0 Å². The van der Waals surface area contributed by atoms with Crippen molar-refractivity contribution in [2.24, 2.45) is 0 Å². The maximum absolute atomic E-state index is 10.4. The molecule has 0 unspecified atom stereocenters. The number of aromatic nitrogens is 2. The summed E-state index contributed by atoms with van der Waals surface area (Å²) in [5, 5.41) is 8.78. The fraction of sp³-hybridized carbons (Fsp3) is 0.444. The van der Waals surface area contributed by atoms with Crippen molar-refractivity contribution in [2.75, 3.05) is 0 Å². The molecule has 0 spiro atoms. The molecule has 1 heterocycles. The van der Waals surface area contributed by atoms with Gasteiger partial charge in [0.2, 0.25) is 0 Å². The van der Waals surface area contributed by atoms with Crippen LogP contribution in [-0.4, -0.2) is 21.0 Å². The largest absolute Gasteiger partial charge is 0.481 e. The summed E-state index contributed by atoms with van der Waals surface area (Å²) in [7, 11) is 0. The topological polar surface area (TPSA) is 63.1 Å². The molecule has 0 amide bonds. The third-order valence-electron chi connectivity index (χ3n) is 1.69. The van der Waals surface area contributed by atoms with E-state index in [4.69, 9.17) is 16.7 Å². The highest BCUT2D eigenvalue weighted by atomic mass is 35.5. The van der Waals surface area contributed by atoms with Crippen LogP contribution in [0.4, 0.5) is 0 Å². The number of hydrogen-bond donors (Lipinski definition) is 1. The molecule has 0 aliphatic heterocycles. The predicted octanol–water partition coefficient (Wildman–Crippen LogP) is 1.88. The van der Waals surface area contributed by atoms with Crippen molar-refractivity contribution >= 4 is 17.6 Å². The van der Waals surface area contributed by atoms with Crippen LogP contribution in [0.25, 0.3) is 0 Å². The Labute approximate surface area is 87.0 Å². The van der Waals surface area contributed by atoms with Gasteiger partial charge in [-0.1, -0.05) is 25.4 Å². The molecule has 0 saturated carbocycles. The van der Waals surface area contributed by atoms with Crippen molar-refractivity contribution < 1.29 is 9.90 Å². The minimum absolute atomic E-state index is 0.142. The van der Waals surface area contributed by atoms with Gasteiger partial charge >= 0.3 is 5.97 Å². The quantitative estimate of drug-likeness (QED) is 0.781. The molecule has 0 aliphatic carbocycles. The molecule has 1 aromatic heterocycles. The number of hydrogen-bond acceptors (Lipinski definition) is 3. The number of aliphatic carboxylic acids is 1. The first-order chi connectivity index (χ1) is 6.50. The lowest BCUT2D eigenvalue weighted by molar-refractivity contribution is -0.136. The third kappa shape index (κ3) is 2.67. The Morgan fingerprint density at radius 2 is 2.29 bits per heavy atom. The highest BCUT2D eigenvalue weighted by Gasteiger charge is 2.10. The Bertz CT molecular complexity index is 353. The minimum atomic E-state index is -0.937. The summed E-state index contributed by atoms with van der Waals surface area (Å²) >= 11 is 5.80. The lowest BCUT2D eigenvalue weighted by Crippen LogP contribution is -2.05. The van der Waals surface area contributed by atoms with Crippen molar-refractivity contribution in [3.63, 3.8) is 0 Å². The number of carbonyl (C=O) groups is 1. The molecule has 4 nitrogen and oxygen atoms in total. The van der Waals surface area contributed by atoms with Crippen LogP contribution in [0.1, 0.15) is 31.2 Å². The van der Waals surface area contributed by atoms with Gasteiger partial charge in [0.1, 0.15) is 11.0 Å². The fourth-order valence-electron chi connectivity index (χ4n) is 0.958. The molecule has 0 radical (unpaired) electrons. The summed E-state index contributed by atoms with van der Waals surface area (Å²) in [6.07, 6.45) is 1.33. The van der Waals surface area contributed by atoms with Gasteiger partial charge in [-0.25, -0.2) is 9.97 Å². The molecule has 0 bridgehead atoms. The Kier molecular flexibility index (Phi) is 3.41. The van der Waals surface area contributed by atoms with Gasteiger partial charge in [-0.05, 0) is 0 Å². The standard InChI is InChI=1S/C9H11ClN2O2/c1-5(2)9-11-4-6(3-7(13)14)8(10)12-9/h4-5H,3H2,1-2H3,(H,13,14). The lowest BCUT2D eigenvalue weighted by Gasteiger charge is -2.05. The first-order valence-corrected chi connectivity index (χ1v) is 4.61. The molecule has 14 heavy (non-hydrogen) atoms. The van der Waals surface area contributed by atoms with Gasteiger partial charge in [0.25, 0.3) is 0 Å². The second-order valence-corrected chi connectivity index (χ2v) is 3.63. The Morgan fingerprint density at radius 1 is 1.64 bits per heavy atom. The maximum atomic E-state index is 10.4. The van der Waals surface area contributed by atoms with Crippen LogP contribution < -0.4 is 0 Å². The highest BCUT2D eigenvalue weighted by molar-refractivity contribution is 6.30. The van der Waals surface area contributed by atoms with Crippen molar-refractivity contribution in [3.8, 4) is 0 Å². The van der Waals surface area contributed by atoms with Gasteiger partial charge in [0.15, 0.2) is 0 Å². The third-order valence-corrected chi connectivity index (χ3v) is 2.02. The molecular formula is C9H11ClN2O2. The summed E-state index contributed by atoms with van der Waals surface area (Å²) in [4.78, 5) is 18.5. The summed E-state index contributed by atoms with van der Waals surface area (Å²) in [5.74, 6) is -0.122. The van der Waals surface area contributed by atoms with Crippen LogP contribution >= 0.6 is 11.6 Å². The second-order valence-electron chi connectivity index (χ2n) is 3.27. The van der Waals surface area contributed by atoms with Gasteiger partial charge < -0.3 is 5.11 Å². The first kappa shape index (κ1) is 10.9. The zero-order valence-corrected chi connectivity index (χ0v) is 8.75. The van der Waals surface area contributed by atoms with Gasteiger partial charge in [0.05, 0.1) is 6.42 Å². The van der Waals surface area contributed by atoms with Crippen LogP contribution in [-0.2, 0) is 11.2 Å². The fourth-order valence-corrected chi connectivity index (χ4v) is 1.16. The van der Waals surface area contributed by atoms with Crippen LogP contribution in [0.2, 0.25) is 5.15 Å². The van der Waals surface area contributed by atoms with Gasteiger partial charge in [-0.2, -0.15) is 0 Å². The molecule has 5 heteroatoms. The molecule has 0 aliphatic rings. The van der Waals surface area contributed by atoms with Crippen LogP contribution in [0, 0.1) is 0 Å². The van der Waals surface area contributed by atoms with Crippen LogP contribution in [0.3, 0.4) is 0 Å². The number of carboxylic acids is 1. The van der Waals surface area contributed by atoms with E-state index in [0.29, 0.717) is 11.4 Å². The van der Waals surface area contributed by atoms with Crippen molar-refractivity contribution in [1.82, 2.24) is 9.97 Å². The van der Waals surface area contributed by atoms with Crippen molar-refractivity contribution in [3.05, 3.63) is 22.7 Å². The van der Waals surface area contributed by atoms with Crippen molar-refractivity contribution in [2.45, 2.75) is 26.2 Å². The zero-order chi connectivity index (χ0) is 10.7. The van der Waals surface area contributed by atoms with E-state index in [1.54, 1.807) is 0 Å². The first-order valence-electron chi connectivity index (χ1n) is 4.23. The molecule has 0 fully saturated rings. The smallest absolute Gasteiger partial charge is 0.307 e. The monoisotopic (exact) mass is 214 g/mol. The zero-order valence-electron chi connectivity index (χ0n) is 7.99. The molecule has 1 aromatic rings. The van der Waals surface area contributed by atoms with Crippen LogP contribution in [0.15, 0.2) is 6.20 Å². The molecule has 76 valence electrons. The Hall–Kier alpha value is -1.16. The predicted molar refractivity (Wildman–Crippen MR) is 52.5 cm³/mol. The molecule has 0 saturated heterocycles. The number of nitrogens with zero attached hydrogens (tertiary/aromatic N) is 2. The second kappa shape index (κ2) is 4.37. The minimum Gasteiger partial charge on any atom is -0.481 e. The summed E-state index contributed by atoms with van der Waals surface area (Å²) in [6, 6.07) is 0.